The summed E-state index contributed by atoms with van der Waals surface area (Å²) in [6.45, 7) is 2.04. The van der Waals surface area contributed by atoms with Crippen LogP contribution >= 0.6 is 23.2 Å². The first-order valence-electron chi connectivity index (χ1n) is 7.12. The van der Waals surface area contributed by atoms with E-state index in [0.717, 1.165) is 17.1 Å². The SMILES string of the molecule is CCN=NN(c1ccc(Cl)cc1Cl)c1ccc(S(=O)(=O)O)cc1C(=O)O. The van der Waals surface area contributed by atoms with Gasteiger partial charge in [0.05, 0.1) is 33.4 Å². The second kappa shape index (κ2) is 8.00. The number of halogens is 2. The number of benzene rings is 2. The number of carboxylic acids is 1. The van der Waals surface area contributed by atoms with Crippen LogP contribution in [0.25, 0.3) is 0 Å². The van der Waals surface area contributed by atoms with Crippen molar-refractivity contribution in [3.8, 4) is 0 Å². The largest absolute Gasteiger partial charge is 0.478 e. The van der Waals surface area contributed by atoms with Crippen LogP contribution in [0.2, 0.25) is 10.0 Å². The van der Waals surface area contributed by atoms with Crippen molar-refractivity contribution < 1.29 is 22.9 Å². The van der Waals surface area contributed by atoms with Gasteiger partial charge in [-0.3, -0.25) is 4.55 Å². The molecular formula is C15H13Cl2N3O5S. The molecule has 138 valence electrons. The van der Waals surface area contributed by atoms with Crippen molar-refractivity contribution in [2.45, 2.75) is 11.8 Å². The summed E-state index contributed by atoms with van der Waals surface area (Å²) >= 11 is 12.1. The van der Waals surface area contributed by atoms with E-state index >= 15 is 0 Å². The van der Waals surface area contributed by atoms with E-state index < -0.39 is 26.5 Å². The van der Waals surface area contributed by atoms with Crippen molar-refractivity contribution in [3.63, 3.8) is 0 Å². The summed E-state index contributed by atoms with van der Waals surface area (Å²) < 4.78 is 31.7. The molecule has 0 saturated heterocycles. The Kier molecular flexibility index (Phi) is 6.19. The summed E-state index contributed by atoms with van der Waals surface area (Å²) in [4.78, 5) is 11.1. The molecule has 0 spiro atoms. The summed E-state index contributed by atoms with van der Waals surface area (Å²) in [5.41, 5.74) is -0.122. The average Bonchev–Trinajstić information content (AvgIpc) is 2.55. The van der Waals surface area contributed by atoms with Crippen molar-refractivity contribution in [2.24, 2.45) is 10.3 Å². The van der Waals surface area contributed by atoms with Crippen molar-refractivity contribution >= 4 is 50.7 Å². The van der Waals surface area contributed by atoms with Gasteiger partial charge in [-0.05, 0) is 43.3 Å². The molecule has 0 bridgehead atoms. The smallest absolute Gasteiger partial charge is 0.337 e. The summed E-state index contributed by atoms with van der Waals surface area (Å²) in [7, 11) is -4.58. The fourth-order valence-electron chi connectivity index (χ4n) is 2.04. The van der Waals surface area contributed by atoms with Gasteiger partial charge in [-0.15, -0.1) is 0 Å². The van der Waals surface area contributed by atoms with Gasteiger partial charge in [0.1, 0.15) is 0 Å². The van der Waals surface area contributed by atoms with Crippen LogP contribution in [-0.2, 0) is 10.1 Å². The predicted molar refractivity (Wildman–Crippen MR) is 97.2 cm³/mol. The third-order valence-corrected chi connectivity index (χ3v) is 4.54. The number of rotatable bonds is 6. The number of aromatic carboxylic acids is 1. The van der Waals surface area contributed by atoms with Crippen LogP contribution in [0.5, 0.6) is 0 Å². The lowest BCUT2D eigenvalue weighted by Crippen LogP contribution is -2.14. The second-order valence-electron chi connectivity index (χ2n) is 4.91. The van der Waals surface area contributed by atoms with Crippen LogP contribution < -0.4 is 5.01 Å². The molecule has 0 aromatic heterocycles. The minimum absolute atomic E-state index is 0.00585. The van der Waals surface area contributed by atoms with Crippen LogP contribution in [0.4, 0.5) is 11.4 Å². The van der Waals surface area contributed by atoms with Gasteiger partial charge in [0.2, 0.25) is 0 Å². The van der Waals surface area contributed by atoms with Gasteiger partial charge in [0, 0.05) is 5.02 Å². The van der Waals surface area contributed by atoms with E-state index in [-0.39, 0.29) is 16.4 Å². The Morgan fingerprint density at radius 1 is 1.15 bits per heavy atom. The summed E-state index contributed by atoms with van der Waals surface area (Å²) in [6.07, 6.45) is 0. The molecule has 26 heavy (non-hydrogen) atoms. The first-order valence-corrected chi connectivity index (χ1v) is 9.32. The van der Waals surface area contributed by atoms with Crippen molar-refractivity contribution in [1.82, 2.24) is 0 Å². The Balaban J connectivity index is 2.72. The minimum atomic E-state index is -4.58. The summed E-state index contributed by atoms with van der Waals surface area (Å²) in [5.74, 6) is -1.42. The number of carboxylic acid groups (broad SMARTS) is 1. The standard InChI is InChI=1S/C15H13Cl2N3O5S/c1-2-18-19-20(14-5-3-9(16)7-12(14)17)13-6-4-10(26(23,24)25)8-11(13)15(21)22/h3-8H,2H2,1H3,(H,21,22)(H,23,24,25). The molecular weight excluding hydrogens is 405 g/mol. The van der Waals surface area contributed by atoms with Crippen LogP contribution in [0, 0.1) is 0 Å². The molecule has 2 aromatic rings. The third kappa shape index (κ3) is 4.50. The summed E-state index contributed by atoms with van der Waals surface area (Å²) in [5, 5.41) is 19.0. The highest BCUT2D eigenvalue weighted by atomic mass is 35.5. The highest BCUT2D eigenvalue weighted by molar-refractivity contribution is 7.85. The highest BCUT2D eigenvalue weighted by Gasteiger charge is 2.23. The maximum atomic E-state index is 11.6. The van der Waals surface area contributed by atoms with Crippen LogP contribution in [0.3, 0.4) is 0 Å². The monoisotopic (exact) mass is 417 g/mol. The molecule has 0 unspecified atom stereocenters. The molecule has 0 saturated carbocycles. The molecule has 0 amide bonds. The Morgan fingerprint density at radius 2 is 1.81 bits per heavy atom. The van der Waals surface area contributed by atoms with E-state index in [1.54, 1.807) is 6.92 Å². The van der Waals surface area contributed by atoms with Crippen molar-refractivity contribution in [1.29, 1.82) is 0 Å². The molecule has 2 N–H and O–H groups in total. The van der Waals surface area contributed by atoms with Crippen LogP contribution in [-0.4, -0.2) is 30.6 Å². The van der Waals surface area contributed by atoms with E-state index in [2.05, 4.69) is 10.3 Å². The quantitative estimate of drug-likeness (QED) is 0.406. The fourth-order valence-corrected chi connectivity index (χ4v) is 3.03. The van der Waals surface area contributed by atoms with E-state index in [4.69, 9.17) is 27.8 Å². The Labute approximate surface area is 159 Å². The van der Waals surface area contributed by atoms with Gasteiger partial charge in [0.25, 0.3) is 10.1 Å². The number of carbonyl (C=O) groups is 1. The highest BCUT2D eigenvalue weighted by Crippen LogP contribution is 2.36. The van der Waals surface area contributed by atoms with E-state index in [9.17, 15) is 18.3 Å². The van der Waals surface area contributed by atoms with Crippen molar-refractivity contribution in [2.75, 3.05) is 11.6 Å². The fraction of sp³-hybridized carbons (Fsp3) is 0.133. The third-order valence-electron chi connectivity index (χ3n) is 3.16. The molecule has 0 heterocycles. The zero-order valence-corrected chi connectivity index (χ0v) is 15.6. The first kappa shape index (κ1) is 20.1. The van der Waals surface area contributed by atoms with Gasteiger partial charge >= 0.3 is 5.97 Å². The van der Waals surface area contributed by atoms with Gasteiger partial charge in [-0.2, -0.15) is 13.5 Å². The lowest BCUT2D eigenvalue weighted by molar-refractivity contribution is 0.0697. The lowest BCUT2D eigenvalue weighted by atomic mass is 10.1. The number of hydrogen-bond donors (Lipinski definition) is 2. The Hall–Kier alpha value is -2.20. The predicted octanol–water partition coefficient (Wildman–Crippen LogP) is 4.46. The van der Waals surface area contributed by atoms with Gasteiger partial charge in [-0.1, -0.05) is 28.4 Å². The molecule has 2 rings (SSSR count). The van der Waals surface area contributed by atoms with Gasteiger partial charge in [-0.25, -0.2) is 9.80 Å². The number of nitrogens with zero attached hydrogens (tertiary/aromatic N) is 3. The Morgan fingerprint density at radius 3 is 2.35 bits per heavy atom. The molecule has 0 aliphatic heterocycles. The topological polar surface area (TPSA) is 120 Å². The zero-order valence-electron chi connectivity index (χ0n) is 13.3. The first-order chi connectivity index (χ1) is 12.1. The van der Waals surface area contributed by atoms with Crippen LogP contribution in [0.15, 0.2) is 51.6 Å². The average molecular weight is 418 g/mol. The van der Waals surface area contributed by atoms with E-state index in [1.165, 1.54) is 24.3 Å². The number of anilines is 2. The lowest BCUT2D eigenvalue weighted by Gasteiger charge is -2.21. The molecule has 0 radical (unpaired) electrons. The van der Waals surface area contributed by atoms with Crippen LogP contribution in [0.1, 0.15) is 17.3 Å². The van der Waals surface area contributed by atoms with Crippen molar-refractivity contribution in [3.05, 3.63) is 52.0 Å². The zero-order chi connectivity index (χ0) is 19.5. The molecule has 11 heteroatoms. The maximum absolute atomic E-state index is 11.6. The van der Waals surface area contributed by atoms with E-state index in [0.29, 0.717) is 11.6 Å². The van der Waals surface area contributed by atoms with E-state index in [1.807, 2.05) is 0 Å². The molecule has 0 aliphatic carbocycles. The van der Waals surface area contributed by atoms with Gasteiger partial charge in [0.15, 0.2) is 0 Å². The minimum Gasteiger partial charge on any atom is -0.478 e. The maximum Gasteiger partial charge on any atom is 0.337 e. The molecule has 0 aliphatic rings. The molecule has 8 nitrogen and oxygen atoms in total. The number of hydrogen-bond acceptors (Lipinski definition) is 5. The van der Waals surface area contributed by atoms with Gasteiger partial charge < -0.3 is 5.11 Å². The molecule has 2 aromatic carbocycles. The molecule has 0 fully saturated rings. The molecule has 0 atom stereocenters. The Bertz CT molecular complexity index is 979. The second-order valence-corrected chi connectivity index (χ2v) is 7.18. The normalized spacial score (nSPS) is 11.7. The summed E-state index contributed by atoms with van der Waals surface area (Å²) in [6, 6.07) is 7.55.